The summed E-state index contributed by atoms with van der Waals surface area (Å²) in [5.74, 6) is -0.113. The van der Waals surface area contributed by atoms with E-state index in [0.717, 1.165) is 59.1 Å². The third kappa shape index (κ3) is 8.19. The summed E-state index contributed by atoms with van der Waals surface area (Å²) in [6, 6.07) is 10.4. The number of rotatable bonds is 8. The first-order valence-electron chi connectivity index (χ1n) is 12.0. The van der Waals surface area contributed by atoms with Gasteiger partial charge in [-0.05, 0) is 86.0 Å². The predicted octanol–water partition coefficient (Wildman–Crippen LogP) is 6.34. The lowest BCUT2D eigenvalue weighted by Crippen LogP contribution is -2.47. The fourth-order valence-electron chi connectivity index (χ4n) is 4.05. The van der Waals surface area contributed by atoms with Crippen molar-refractivity contribution in [1.82, 2.24) is 15.5 Å². The van der Waals surface area contributed by atoms with E-state index in [1.165, 1.54) is 10.4 Å². The van der Waals surface area contributed by atoms with Crippen LogP contribution in [0.25, 0.3) is 0 Å². The quantitative estimate of drug-likeness (QED) is 0.339. The van der Waals surface area contributed by atoms with Gasteiger partial charge in [-0.2, -0.15) is 13.2 Å². The highest BCUT2D eigenvalue weighted by molar-refractivity contribution is 9.10. The van der Waals surface area contributed by atoms with Crippen molar-refractivity contribution < 1.29 is 22.8 Å². The number of urea groups is 1. The minimum atomic E-state index is -4.55. The number of benzene rings is 2. The van der Waals surface area contributed by atoms with Gasteiger partial charge in [0.05, 0.1) is 16.3 Å². The van der Waals surface area contributed by atoms with Gasteiger partial charge in [0.15, 0.2) is 0 Å². The number of anilines is 1. The van der Waals surface area contributed by atoms with Gasteiger partial charge in [-0.25, -0.2) is 4.79 Å². The molecule has 6 nitrogen and oxygen atoms in total. The Morgan fingerprint density at radius 2 is 1.86 bits per heavy atom. The molecular weight excluding hydrogens is 593 g/mol. The Hall–Kier alpha value is -2.11. The Labute approximate surface area is 231 Å². The number of likely N-dealkylation sites (tertiary alicyclic amines) is 1. The second-order valence-corrected chi connectivity index (χ2v) is 11.6. The van der Waals surface area contributed by atoms with Crippen molar-refractivity contribution in [3.05, 3.63) is 57.5 Å². The Bertz CT molecular complexity index is 1120. The number of halogens is 5. The molecular formula is C25H27BrClF3N4O2S. The zero-order valence-corrected chi connectivity index (χ0v) is 23.0. The first-order chi connectivity index (χ1) is 17.6. The summed E-state index contributed by atoms with van der Waals surface area (Å²) in [4.78, 5) is 27.8. The molecule has 1 aliphatic heterocycles. The largest absolute Gasteiger partial charge is 0.416 e. The molecule has 0 bridgehead atoms. The van der Waals surface area contributed by atoms with Crippen LogP contribution in [0.4, 0.5) is 23.7 Å². The summed E-state index contributed by atoms with van der Waals surface area (Å²) < 4.78 is 42.7. The summed E-state index contributed by atoms with van der Waals surface area (Å²) in [5, 5.41) is 5.89. The van der Waals surface area contributed by atoms with Crippen LogP contribution in [0, 0.1) is 5.92 Å². The van der Waals surface area contributed by atoms with Gasteiger partial charge in [0.2, 0.25) is 5.91 Å². The summed E-state index contributed by atoms with van der Waals surface area (Å²) in [7, 11) is 0. The maximum atomic E-state index is 13.5. The summed E-state index contributed by atoms with van der Waals surface area (Å²) >= 11 is 10.9. The molecule has 1 saturated heterocycles. The van der Waals surface area contributed by atoms with E-state index in [9.17, 15) is 22.8 Å². The summed E-state index contributed by atoms with van der Waals surface area (Å²) in [5.41, 5.74) is -0.723. The van der Waals surface area contributed by atoms with Crippen LogP contribution in [0.15, 0.2) is 51.8 Å². The van der Waals surface area contributed by atoms with Gasteiger partial charge < -0.3 is 19.8 Å². The van der Waals surface area contributed by atoms with Gasteiger partial charge in [0.25, 0.3) is 0 Å². The number of alkyl halides is 3. The standard InChI is InChI=1S/C25H27BrClF3N4O2S/c26-18-4-8-20(9-5-18)37-34(22-12-17(25(28,29)30)3-10-21(22)27)15-23(35)33-11-1-2-16(14-33)13-31-24(36)32-19-6-7-19/h3-5,8-10,12,16,19H,1-2,6-7,11,13-15H2,(H2,31,32,36). The molecule has 200 valence electrons. The number of carbonyl (C=O) groups is 2. The molecule has 0 spiro atoms. The lowest BCUT2D eigenvalue weighted by molar-refractivity contribution is -0.137. The molecule has 1 heterocycles. The molecule has 2 aromatic carbocycles. The molecule has 2 aliphatic rings. The zero-order chi connectivity index (χ0) is 26.6. The molecule has 0 radical (unpaired) electrons. The third-order valence-corrected chi connectivity index (χ3v) is 8.06. The van der Waals surface area contributed by atoms with E-state index in [2.05, 4.69) is 26.6 Å². The second kappa shape index (κ2) is 12.2. The average Bonchev–Trinajstić information content (AvgIpc) is 3.67. The summed E-state index contributed by atoms with van der Waals surface area (Å²) in [6.45, 7) is 1.32. The highest BCUT2D eigenvalue weighted by Gasteiger charge is 2.33. The molecule has 12 heteroatoms. The molecule has 1 unspecified atom stereocenters. The first kappa shape index (κ1) is 27.9. The Morgan fingerprint density at radius 1 is 1.14 bits per heavy atom. The predicted molar refractivity (Wildman–Crippen MR) is 143 cm³/mol. The number of carbonyl (C=O) groups excluding carboxylic acids is 2. The van der Waals surface area contributed by atoms with Crippen LogP contribution in [0.5, 0.6) is 0 Å². The number of hydrogen-bond donors (Lipinski definition) is 2. The van der Waals surface area contributed by atoms with Crippen LogP contribution >= 0.6 is 39.5 Å². The average molecular weight is 620 g/mol. The van der Waals surface area contributed by atoms with E-state index in [4.69, 9.17) is 11.6 Å². The van der Waals surface area contributed by atoms with Crippen LogP contribution in [0.3, 0.4) is 0 Å². The fourth-order valence-corrected chi connectivity index (χ4v) is 5.52. The Kier molecular flexibility index (Phi) is 9.18. The second-order valence-electron chi connectivity index (χ2n) is 9.22. The Morgan fingerprint density at radius 3 is 2.54 bits per heavy atom. The molecule has 1 atom stereocenters. The first-order valence-corrected chi connectivity index (χ1v) is 13.9. The van der Waals surface area contributed by atoms with Crippen molar-refractivity contribution in [3.63, 3.8) is 0 Å². The number of amides is 3. The van der Waals surface area contributed by atoms with Crippen LogP contribution in [0.1, 0.15) is 31.2 Å². The molecule has 4 rings (SSSR count). The number of nitrogens with one attached hydrogen (secondary N) is 2. The lowest BCUT2D eigenvalue weighted by atomic mass is 9.98. The fraction of sp³-hybridized carbons (Fsp3) is 0.440. The smallest absolute Gasteiger partial charge is 0.341 e. The molecule has 2 fully saturated rings. The lowest BCUT2D eigenvalue weighted by Gasteiger charge is -2.34. The van der Waals surface area contributed by atoms with Gasteiger partial charge in [-0.15, -0.1) is 0 Å². The van der Waals surface area contributed by atoms with Crippen molar-refractivity contribution >= 4 is 57.1 Å². The topological polar surface area (TPSA) is 64.7 Å². The van der Waals surface area contributed by atoms with Gasteiger partial charge in [0, 0.05) is 35.0 Å². The van der Waals surface area contributed by atoms with Crippen LogP contribution in [-0.2, 0) is 11.0 Å². The van der Waals surface area contributed by atoms with E-state index in [1.54, 1.807) is 4.90 Å². The molecule has 1 aliphatic carbocycles. The van der Waals surface area contributed by atoms with E-state index in [0.29, 0.717) is 19.6 Å². The minimum absolute atomic E-state index is 0.104. The molecule has 2 N–H and O–H groups in total. The molecule has 1 saturated carbocycles. The summed E-state index contributed by atoms with van der Waals surface area (Å²) in [6.07, 6.45) is -0.874. The van der Waals surface area contributed by atoms with Gasteiger partial charge in [-0.1, -0.05) is 27.5 Å². The van der Waals surface area contributed by atoms with Gasteiger partial charge in [0.1, 0.15) is 6.54 Å². The van der Waals surface area contributed by atoms with Crippen molar-refractivity contribution in [2.75, 3.05) is 30.5 Å². The normalized spacial score (nSPS) is 17.9. The van der Waals surface area contributed by atoms with Crippen molar-refractivity contribution in [2.45, 2.75) is 42.8 Å². The van der Waals surface area contributed by atoms with E-state index in [-0.39, 0.29) is 41.2 Å². The SMILES string of the molecule is O=C(NCC1CCCN(C(=O)CN(Sc2ccc(Br)cc2)c2cc(C(F)(F)F)ccc2Cl)C1)NC1CC1. The maximum Gasteiger partial charge on any atom is 0.416 e. The van der Waals surface area contributed by atoms with Gasteiger partial charge >= 0.3 is 12.2 Å². The zero-order valence-electron chi connectivity index (χ0n) is 19.9. The number of piperidine rings is 1. The van der Waals surface area contributed by atoms with Crippen LogP contribution in [-0.4, -0.2) is 49.1 Å². The number of nitrogens with zero attached hydrogens (tertiary/aromatic N) is 2. The van der Waals surface area contributed by atoms with E-state index in [1.807, 2.05) is 24.3 Å². The molecule has 2 aromatic rings. The maximum absolute atomic E-state index is 13.5. The molecule has 3 amide bonds. The Balaban J connectivity index is 1.47. The van der Waals surface area contributed by atoms with E-state index >= 15 is 0 Å². The highest BCUT2D eigenvalue weighted by atomic mass is 79.9. The van der Waals surface area contributed by atoms with Crippen LogP contribution in [0.2, 0.25) is 5.02 Å². The monoisotopic (exact) mass is 618 g/mol. The van der Waals surface area contributed by atoms with Crippen molar-refractivity contribution in [2.24, 2.45) is 5.92 Å². The van der Waals surface area contributed by atoms with Crippen LogP contribution < -0.4 is 14.9 Å². The van der Waals surface area contributed by atoms with Crippen molar-refractivity contribution in [1.29, 1.82) is 0 Å². The molecule has 0 aromatic heterocycles. The van der Waals surface area contributed by atoms with Crippen molar-refractivity contribution in [3.8, 4) is 0 Å². The van der Waals surface area contributed by atoms with E-state index < -0.39 is 11.7 Å². The minimum Gasteiger partial charge on any atom is -0.341 e. The number of hydrogen-bond acceptors (Lipinski definition) is 4. The highest BCUT2D eigenvalue weighted by Crippen LogP contribution is 2.39. The van der Waals surface area contributed by atoms with Gasteiger partial charge in [-0.3, -0.25) is 4.79 Å². The molecule has 37 heavy (non-hydrogen) atoms. The third-order valence-electron chi connectivity index (χ3n) is 6.19.